The Bertz CT molecular complexity index is 1210. The molecule has 0 aromatic heterocycles. The number of nitro benzene ring substituents is 1. The molecule has 0 saturated heterocycles. The van der Waals surface area contributed by atoms with Crippen molar-refractivity contribution in [1.82, 2.24) is 0 Å². The lowest BCUT2D eigenvalue weighted by atomic mass is 10.1. The van der Waals surface area contributed by atoms with E-state index < -0.39 is 10.9 Å². The van der Waals surface area contributed by atoms with Gasteiger partial charge in [-0.05, 0) is 66.1 Å². The van der Waals surface area contributed by atoms with E-state index in [0.717, 1.165) is 17.7 Å². The fraction of sp³-hybridized carbons (Fsp3) is 0.111. The lowest BCUT2D eigenvalue weighted by Gasteiger charge is -2.04. The first-order valence-electron chi connectivity index (χ1n) is 10.6. The Hall–Kier alpha value is -4.52. The summed E-state index contributed by atoms with van der Waals surface area (Å²) >= 11 is 0. The molecule has 0 N–H and O–H groups in total. The van der Waals surface area contributed by atoms with Crippen LogP contribution in [0.4, 0.5) is 5.69 Å². The fourth-order valence-electron chi connectivity index (χ4n) is 2.91. The standard InChI is InChI=1S/C27H23NO6/c1-2-18-33-24-14-6-20(7-15-24)9-17-27(30)34-25-5-3-4-21(19-25)8-16-26(29)22-10-12-23(13-11-22)28(31)32/h3-17,19H,2,18H2,1H3/b16-8+,17-9+. The van der Waals surface area contributed by atoms with Gasteiger partial charge in [0.2, 0.25) is 0 Å². The molecule has 0 aliphatic heterocycles. The van der Waals surface area contributed by atoms with Gasteiger partial charge in [-0.1, -0.05) is 37.3 Å². The summed E-state index contributed by atoms with van der Waals surface area (Å²) in [6.07, 6.45) is 6.86. The van der Waals surface area contributed by atoms with Gasteiger partial charge in [0.15, 0.2) is 5.78 Å². The summed E-state index contributed by atoms with van der Waals surface area (Å²) < 4.78 is 10.9. The summed E-state index contributed by atoms with van der Waals surface area (Å²) in [4.78, 5) is 34.7. The molecule has 0 aliphatic carbocycles. The van der Waals surface area contributed by atoms with E-state index in [0.29, 0.717) is 23.5 Å². The van der Waals surface area contributed by atoms with Gasteiger partial charge in [-0.15, -0.1) is 0 Å². The molecule has 7 heteroatoms. The minimum absolute atomic E-state index is 0.0814. The maximum atomic E-state index is 12.3. The van der Waals surface area contributed by atoms with Crippen molar-refractivity contribution in [1.29, 1.82) is 0 Å². The third-order valence-electron chi connectivity index (χ3n) is 4.63. The van der Waals surface area contributed by atoms with E-state index in [2.05, 4.69) is 0 Å². The summed E-state index contributed by atoms with van der Waals surface area (Å²) in [5.41, 5.74) is 1.75. The number of ether oxygens (including phenoxy) is 2. The Morgan fingerprint density at radius 2 is 1.59 bits per heavy atom. The second-order valence-electron chi connectivity index (χ2n) is 7.25. The first-order chi connectivity index (χ1) is 16.4. The Balaban J connectivity index is 1.58. The van der Waals surface area contributed by atoms with Crippen LogP contribution in [0.2, 0.25) is 0 Å². The first-order valence-corrected chi connectivity index (χ1v) is 10.6. The lowest BCUT2D eigenvalue weighted by molar-refractivity contribution is -0.384. The van der Waals surface area contributed by atoms with Crippen molar-refractivity contribution in [2.24, 2.45) is 0 Å². The number of esters is 1. The molecule has 0 radical (unpaired) electrons. The molecule has 34 heavy (non-hydrogen) atoms. The number of hydrogen-bond donors (Lipinski definition) is 0. The van der Waals surface area contributed by atoms with E-state index >= 15 is 0 Å². The predicted octanol–water partition coefficient (Wildman–Crippen LogP) is 5.90. The summed E-state index contributed by atoms with van der Waals surface area (Å²) in [6, 6.07) is 19.5. The first kappa shape index (κ1) is 24.1. The van der Waals surface area contributed by atoms with Gasteiger partial charge in [-0.25, -0.2) is 4.79 Å². The van der Waals surface area contributed by atoms with Gasteiger partial charge in [0.05, 0.1) is 11.5 Å². The molecular weight excluding hydrogens is 434 g/mol. The zero-order valence-corrected chi connectivity index (χ0v) is 18.5. The molecule has 3 aromatic rings. The van der Waals surface area contributed by atoms with E-state index in [1.807, 2.05) is 31.2 Å². The number of nitrogens with zero attached hydrogens (tertiary/aromatic N) is 1. The zero-order valence-electron chi connectivity index (χ0n) is 18.5. The fourth-order valence-corrected chi connectivity index (χ4v) is 2.91. The Morgan fingerprint density at radius 1 is 0.882 bits per heavy atom. The van der Waals surface area contributed by atoms with Gasteiger partial charge in [-0.2, -0.15) is 0 Å². The smallest absolute Gasteiger partial charge is 0.336 e. The summed E-state index contributed by atoms with van der Waals surface area (Å²) in [5, 5.41) is 10.7. The average Bonchev–Trinajstić information content (AvgIpc) is 2.85. The van der Waals surface area contributed by atoms with Crippen LogP contribution in [0.5, 0.6) is 11.5 Å². The van der Waals surface area contributed by atoms with Crippen LogP contribution in [0, 0.1) is 10.1 Å². The number of non-ortho nitro benzene ring substituents is 1. The van der Waals surface area contributed by atoms with E-state index in [1.54, 1.807) is 36.4 Å². The van der Waals surface area contributed by atoms with Crippen molar-refractivity contribution in [2.45, 2.75) is 13.3 Å². The van der Waals surface area contributed by atoms with Crippen molar-refractivity contribution >= 4 is 29.6 Å². The molecule has 0 spiro atoms. The SMILES string of the molecule is CCCOc1ccc(/C=C/C(=O)Oc2cccc(/C=C/C(=O)c3ccc([N+](=O)[O-])cc3)c2)cc1. The number of hydrogen-bond acceptors (Lipinski definition) is 6. The number of nitro groups is 1. The number of rotatable bonds is 10. The summed E-state index contributed by atoms with van der Waals surface area (Å²) in [6.45, 7) is 2.69. The second kappa shape index (κ2) is 11.9. The molecular formula is C27H23NO6. The molecule has 0 unspecified atom stereocenters. The van der Waals surface area contributed by atoms with Gasteiger partial charge in [0.1, 0.15) is 11.5 Å². The van der Waals surface area contributed by atoms with E-state index in [4.69, 9.17) is 9.47 Å². The normalized spacial score (nSPS) is 11.0. The topological polar surface area (TPSA) is 95.7 Å². The Morgan fingerprint density at radius 3 is 2.26 bits per heavy atom. The Labute approximate surface area is 197 Å². The van der Waals surface area contributed by atoms with E-state index in [9.17, 15) is 19.7 Å². The second-order valence-corrected chi connectivity index (χ2v) is 7.25. The number of carbonyl (C=O) groups is 2. The number of benzene rings is 3. The monoisotopic (exact) mass is 457 g/mol. The molecule has 7 nitrogen and oxygen atoms in total. The lowest BCUT2D eigenvalue weighted by Crippen LogP contribution is -2.03. The highest BCUT2D eigenvalue weighted by atomic mass is 16.6. The number of carbonyl (C=O) groups excluding carboxylic acids is 2. The van der Waals surface area contributed by atoms with Gasteiger partial charge < -0.3 is 9.47 Å². The highest BCUT2D eigenvalue weighted by Gasteiger charge is 2.07. The van der Waals surface area contributed by atoms with Crippen LogP contribution in [0.1, 0.15) is 34.8 Å². The average molecular weight is 457 g/mol. The van der Waals surface area contributed by atoms with E-state index in [-0.39, 0.29) is 11.5 Å². The largest absolute Gasteiger partial charge is 0.494 e. The molecule has 0 bridgehead atoms. The molecule has 0 atom stereocenters. The van der Waals surface area contributed by atoms with Gasteiger partial charge in [-0.3, -0.25) is 14.9 Å². The minimum atomic E-state index is -0.533. The number of ketones is 1. The molecule has 3 rings (SSSR count). The van der Waals surface area contributed by atoms with E-state index in [1.165, 1.54) is 36.4 Å². The van der Waals surface area contributed by atoms with Crippen molar-refractivity contribution in [3.8, 4) is 11.5 Å². The van der Waals surface area contributed by atoms with Crippen LogP contribution < -0.4 is 9.47 Å². The molecule has 0 amide bonds. The third-order valence-corrected chi connectivity index (χ3v) is 4.63. The third kappa shape index (κ3) is 7.27. The van der Waals surface area contributed by atoms with Crippen LogP contribution in [0.3, 0.4) is 0 Å². The molecule has 0 fully saturated rings. The quantitative estimate of drug-likeness (QED) is 0.0939. The number of allylic oxidation sites excluding steroid dienone is 1. The van der Waals surface area contributed by atoms with Crippen molar-refractivity contribution in [3.63, 3.8) is 0 Å². The van der Waals surface area contributed by atoms with Crippen LogP contribution in [-0.4, -0.2) is 23.3 Å². The maximum Gasteiger partial charge on any atom is 0.336 e. The van der Waals surface area contributed by atoms with Crippen molar-refractivity contribution in [3.05, 3.63) is 112 Å². The van der Waals surface area contributed by atoms with Crippen LogP contribution in [0.25, 0.3) is 12.2 Å². The van der Waals surface area contributed by atoms with Gasteiger partial charge >= 0.3 is 5.97 Å². The predicted molar refractivity (Wildman–Crippen MR) is 130 cm³/mol. The van der Waals surface area contributed by atoms with Crippen LogP contribution >= 0.6 is 0 Å². The molecule has 0 aliphatic rings. The highest BCUT2D eigenvalue weighted by molar-refractivity contribution is 6.06. The molecule has 0 saturated carbocycles. The van der Waals surface area contributed by atoms with Crippen LogP contribution in [-0.2, 0) is 4.79 Å². The molecule has 172 valence electrons. The zero-order chi connectivity index (χ0) is 24.3. The Kier molecular flexibility index (Phi) is 8.46. The highest BCUT2D eigenvalue weighted by Crippen LogP contribution is 2.17. The molecule has 0 heterocycles. The summed E-state index contributed by atoms with van der Waals surface area (Å²) in [7, 11) is 0. The van der Waals surface area contributed by atoms with Crippen molar-refractivity contribution in [2.75, 3.05) is 6.61 Å². The maximum absolute atomic E-state index is 12.3. The van der Waals surface area contributed by atoms with Crippen molar-refractivity contribution < 1.29 is 24.0 Å². The van der Waals surface area contributed by atoms with Crippen LogP contribution in [0.15, 0.2) is 84.9 Å². The summed E-state index contributed by atoms with van der Waals surface area (Å²) in [5.74, 6) is 0.280. The molecule has 3 aromatic carbocycles. The minimum Gasteiger partial charge on any atom is -0.494 e. The van der Waals surface area contributed by atoms with Gasteiger partial charge in [0.25, 0.3) is 5.69 Å². The van der Waals surface area contributed by atoms with Gasteiger partial charge in [0, 0.05) is 23.8 Å².